The van der Waals surface area contributed by atoms with E-state index in [9.17, 15) is 14.7 Å². The van der Waals surface area contributed by atoms with Gasteiger partial charge in [-0.3, -0.25) is 14.3 Å². The van der Waals surface area contributed by atoms with Gasteiger partial charge in [-0.2, -0.15) is 0 Å². The Kier molecular flexibility index (Phi) is 3.20. The smallest absolute Gasteiger partial charge is 0.331 e. The lowest BCUT2D eigenvalue weighted by molar-refractivity contribution is 0.115. The summed E-state index contributed by atoms with van der Waals surface area (Å²) in [5.41, 5.74) is -0.677. The molecule has 0 saturated heterocycles. The number of benzene rings is 1. The van der Waals surface area contributed by atoms with E-state index in [0.717, 1.165) is 25.7 Å². The van der Waals surface area contributed by atoms with Gasteiger partial charge in [0.25, 0.3) is 5.56 Å². The Morgan fingerprint density at radius 1 is 1.24 bits per heavy atom. The summed E-state index contributed by atoms with van der Waals surface area (Å²) in [6.45, 7) is 2.00. The lowest BCUT2D eigenvalue weighted by Crippen LogP contribution is -2.48. The highest BCUT2D eigenvalue weighted by molar-refractivity contribution is 5.67. The summed E-state index contributed by atoms with van der Waals surface area (Å²) in [5, 5.41) is 10.6. The van der Waals surface area contributed by atoms with E-state index in [1.165, 1.54) is 4.57 Å². The van der Waals surface area contributed by atoms with Crippen molar-refractivity contribution in [2.45, 2.75) is 38.1 Å². The van der Waals surface area contributed by atoms with Crippen molar-refractivity contribution in [2.24, 2.45) is 0 Å². The van der Waals surface area contributed by atoms with E-state index in [-0.39, 0.29) is 17.0 Å². The van der Waals surface area contributed by atoms with E-state index in [2.05, 4.69) is 4.98 Å². The number of H-pyrrole nitrogens is 1. The SMILES string of the molecule is CCC1(n2c(O)c(-c3ccccc3)c(=O)[nH]c2=O)CCC1. The van der Waals surface area contributed by atoms with Crippen LogP contribution in [0.2, 0.25) is 0 Å². The van der Waals surface area contributed by atoms with E-state index in [1.54, 1.807) is 24.3 Å². The third-order valence-electron chi connectivity index (χ3n) is 4.57. The summed E-state index contributed by atoms with van der Waals surface area (Å²) in [6, 6.07) is 8.92. The number of aromatic amines is 1. The highest BCUT2D eigenvalue weighted by atomic mass is 16.3. The molecule has 1 fully saturated rings. The number of rotatable bonds is 3. The van der Waals surface area contributed by atoms with Crippen molar-refractivity contribution < 1.29 is 5.11 Å². The Morgan fingerprint density at radius 3 is 2.43 bits per heavy atom. The maximum absolute atomic E-state index is 12.2. The van der Waals surface area contributed by atoms with E-state index < -0.39 is 11.2 Å². The van der Waals surface area contributed by atoms with E-state index in [4.69, 9.17) is 0 Å². The van der Waals surface area contributed by atoms with E-state index in [0.29, 0.717) is 5.56 Å². The standard InChI is InChI=1S/C16H18N2O3/c1-2-16(9-6-10-16)18-14(20)12(13(19)17-15(18)21)11-7-4-3-5-8-11/h3-5,7-8,20H,2,6,9-10H2,1H3,(H,17,19,21). The Hall–Kier alpha value is -2.30. The Labute approximate surface area is 121 Å². The third-order valence-corrected chi connectivity index (χ3v) is 4.57. The van der Waals surface area contributed by atoms with Gasteiger partial charge in [0.15, 0.2) is 0 Å². The van der Waals surface area contributed by atoms with Crippen molar-refractivity contribution >= 4 is 0 Å². The van der Waals surface area contributed by atoms with Crippen molar-refractivity contribution in [1.29, 1.82) is 0 Å². The second kappa shape index (κ2) is 4.91. The summed E-state index contributed by atoms with van der Waals surface area (Å²) >= 11 is 0. The lowest BCUT2D eigenvalue weighted by atomic mass is 9.74. The van der Waals surface area contributed by atoms with Crippen molar-refractivity contribution in [3.05, 3.63) is 51.2 Å². The van der Waals surface area contributed by atoms with Gasteiger partial charge in [-0.15, -0.1) is 0 Å². The zero-order valence-corrected chi connectivity index (χ0v) is 11.9. The molecule has 21 heavy (non-hydrogen) atoms. The van der Waals surface area contributed by atoms with Crippen LogP contribution in [-0.2, 0) is 5.54 Å². The van der Waals surface area contributed by atoms with Crippen LogP contribution in [0.5, 0.6) is 5.88 Å². The monoisotopic (exact) mass is 286 g/mol. The van der Waals surface area contributed by atoms with Gasteiger partial charge < -0.3 is 5.11 Å². The van der Waals surface area contributed by atoms with Crippen LogP contribution in [0.4, 0.5) is 0 Å². The number of aromatic hydroxyl groups is 1. The fourth-order valence-electron chi connectivity index (χ4n) is 3.15. The molecule has 1 heterocycles. The molecule has 0 aliphatic heterocycles. The topological polar surface area (TPSA) is 75.1 Å². The number of aromatic nitrogens is 2. The molecule has 5 nitrogen and oxygen atoms in total. The molecular formula is C16H18N2O3. The summed E-state index contributed by atoms with van der Waals surface area (Å²) in [7, 11) is 0. The molecule has 1 aliphatic carbocycles. The third kappa shape index (κ3) is 2.00. The average molecular weight is 286 g/mol. The first-order valence-corrected chi connectivity index (χ1v) is 7.23. The molecule has 0 spiro atoms. The van der Waals surface area contributed by atoms with Crippen molar-refractivity contribution in [2.75, 3.05) is 0 Å². The quantitative estimate of drug-likeness (QED) is 0.908. The fraction of sp³-hybridized carbons (Fsp3) is 0.375. The molecule has 0 atom stereocenters. The average Bonchev–Trinajstić information content (AvgIpc) is 2.42. The zero-order chi connectivity index (χ0) is 15.0. The molecule has 1 aliphatic rings. The van der Waals surface area contributed by atoms with E-state index >= 15 is 0 Å². The molecule has 2 N–H and O–H groups in total. The molecule has 0 radical (unpaired) electrons. The highest BCUT2D eigenvalue weighted by Gasteiger charge is 2.40. The minimum atomic E-state index is -0.550. The van der Waals surface area contributed by atoms with Crippen LogP contribution in [0, 0.1) is 0 Å². The van der Waals surface area contributed by atoms with Gasteiger partial charge in [-0.25, -0.2) is 4.79 Å². The van der Waals surface area contributed by atoms with Crippen LogP contribution in [0.25, 0.3) is 11.1 Å². The van der Waals surface area contributed by atoms with Crippen LogP contribution in [0.3, 0.4) is 0 Å². The van der Waals surface area contributed by atoms with Crippen LogP contribution in [-0.4, -0.2) is 14.7 Å². The summed E-state index contributed by atoms with van der Waals surface area (Å²) in [6.07, 6.45) is 3.47. The first kappa shape index (κ1) is 13.7. The maximum Gasteiger partial charge on any atom is 0.331 e. The van der Waals surface area contributed by atoms with Gasteiger partial charge in [0.2, 0.25) is 5.88 Å². The Bertz CT molecular complexity index is 765. The fourth-order valence-corrected chi connectivity index (χ4v) is 3.15. The number of nitrogens with one attached hydrogen (secondary N) is 1. The molecule has 110 valence electrons. The number of hydrogen-bond donors (Lipinski definition) is 2. The molecular weight excluding hydrogens is 268 g/mol. The minimum Gasteiger partial charge on any atom is -0.494 e. The summed E-state index contributed by atoms with van der Waals surface area (Å²) in [5.74, 6) is -0.225. The van der Waals surface area contributed by atoms with Crippen molar-refractivity contribution in [3.8, 4) is 17.0 Å². The number of hydrogen-bond acceptors (Lipinski definition) is 3. The minimum absolute atomic E-state index is 0.162. The largest absolute Gasteiger partial charge is 0.494 e. The van der Waals surface area contributed by atoms with Crippen LogP contribution >= 0.6 is 0 Å². The first-order chi connectivity index (χ1) is 10.1. The lowest BCUT2D eigenvalue weighted by Gasteiger charge is -2.43. The predicted molar refractivity (Wildman–Crippen MR) is 80.5 cm³/mol. The molecule has 5 heteroatoms. The molecule has 1 aromatic heterocycles. The van der Waals surface area contributed by atoms with E-state index in [1.807, 2.05) is 13.0 Å². The molecule has 1 saturated carbocycles. The Balaban J connectivity index is 2.29. The van der Waals surface area contributed by atoms with Gasteiger partial charge in [-0.05, 0) is 31.2 Å². The van der Waals surface area contributed by atoms with Crippen molar-refractivity contribution in [1.82, 2.24) is 9.55 Å². The van der Waals surface area contributed by atoms with Crippen molar-refractivity contribution in [3.63, 3.8) is 0 Å². The van der Waals surface area contributed by atoms with Gasteiger partial charge in [0, 0.05) is 0 Å². The summed E-state index contributed by atoms with van der Waals surface area (Å²) in [4.78, 5) is 26.6. The second-order valence-electron chi connectivity index (χ2n) is 5.59. The highest BCUT2D eigenvalue weighted by Crippen LogP contribution is 2.43. The molecule has 0 unspecified atom stereocenters. The van der Waals surface area contributed by atoms with Crippen LogP contribution in [0.15, 0.2) is 39.9 Å². The van der Waals surface area contributed by atoms with Gasteiger partial charge in [0.1, 0.15) is 5.56 Å². The normalized spacial score (nSPS) is 16.4. The second-order valence-corrected chi connectivity index (χ2v) is 5.59. The predicted octanol–water partition coefficient (Wildman–Crippen LogP) is 2.20. The molecule has 3 rings (SSSR count). The van der Waals surface area contributed by atoms with Crippen LogP contribution < -0.4 is 11.2 Å². The molecule has 0 bridgehead atoms. The zero-order valence-electron chi connectivity index (χ0n) is 11.9. The van der Waals surface area contributed by atoms with Crippen LogP contribution in [0.1, 0.15) is 32.6 Å². The molecule has 0 amide bonds. The molecule has 1 aromatic carbocycles. The van der Waals surface area contributed by atoms with Gasteiger partial charge in [0.05, 0.1) is 5.54 Å². The Morgan fingerprint density at radius 2 is 1.90 bits per heavy atom. The number of nitrogens with zero attached hydrogens (tertiary/aromatic N) is 1. The maximum atomic E-state index is 12.2. The summed E-state index contributed by atoms with van der Waals surface area (Å²) < 4.78 is 1.38. The molecule has 2 aromatic rings. The van der Waals surface area contributed by atoms with Gasteiger partial charge in [-0.1, -0.05) is 37.3 Å². The van der Waals surface area contributed by atoms with Gasteiger partial charge >= 0.3 is 5.69 Å². The first-order valence-electron chi connectivity index (χ1n) is 7.23.